The molecule has 0 amide bonds. The molecule has 8 heteroatoms. The van der Waals surface area contributed by atoms with E-state index in [1.165, 1.54) is 0 Å². The minimum atomic E-state index is -1.47. The van der Waals surface area contributed by atoms with Gasteiger partial charge in [-0.15, -0.1) is 0 Å². The first-order valence-electron chi connectivity index (χ1n) is 5.42. The molecular weight excluding hydrogens is 256 g/mol. The molecule has 0 fully saturated rings. The van der Waals surface area contributed by atoms with Crippen molar-refractivity contribution < 1.29 is 24.0 Å². The summed E-state index contributed by atoms with van der Waals surface area (Å²) in [7, 11) is 0. The predicted molar refractivity (Wildman–Crippen MR) is 62.1 cm³/mol. The molecule has 8 nitrogen and oxygen atoms in total. The highest BCUT2D eigenvalue weighted by molar-refractivity contribution is 6.04. The van der Waals surface area contributed by atoms with E-state index in [2.05, 4.69) is 0 Å². The summed E-state index contributed by atoms with van der Waals surface area (Å²) in [5, 5.41) is 22.1. The number of hydrogen-bond donors (Lipinski definition) is 0. The van der Waals surface area contributed by atoms with Crippen LogP contribution in [0, 0.1) is 15.3 Å². The monoisotopic (exact) mass is 268 g/mol. The number of carbonyl (C=O) groups excluding carboxylic acids is 2. The minimum absolute atomic E-state index is 0.0284. The molecule has 1 rings (SSSR count). The number of Topliss-reactive ketones (excluding diaryl/α,β-unsaturated/α-hetero) is 1. The molecule has 0 spiro atoms. The second kappa shape index (κ2) is 5.89. The Bertz CT molecular complexity index is 528. The van der Waals surface area contributed by atoms with Gasteiger partial charge in [0.15, 0.2) is 18.3 Å². The lowest BCUT2D eigenvalue weighted by Crippen LogP contribution is -2.30. The molecule has 0 bridgehead atoms. The van der Waals surface area contributed by atoms with Crippen LogP contribution in [0.15, 0.2) is 18.5 Å². The van der Waals surface area contributed by atoms with Gasteiger partial charge in [-0.3, -0.25) is 19.7 Å². The Morgan fingerprint density at radius 3 is 2.63 bits per heavy atom. The Morgan fingerprint density at radius 2 is 2.16 bits per heavy atom. The molecule has 0 radical (unpaired) electrons. The van der Waals surface area contributed by atoms with E-state index in [4.69, 9.17) is 4.74 Å². The third-order valence-electron chi connectivity index (χ3n) is 2.38. The van der Waals surface area contributed by atoms with E-state index in [1.807, 2.05) is 0 Å². The molecule has 1 atom stereocenters. The van der Waals surface area contributed by atoms with Gasteiger partial charge < -0.3 is 9.94 Å². The van der Waals surface area contributed by atoms with Gasteiger partial charge >= 0.3 is 5.97 Å². The van der Waals surface area contributed by atoms with Crippen LogP contribution in [0.2, 0.25) is 0 Å². The zero-order valence-corrected chi connectivity index (χ0v) is 10.4. The van der Waals surface area contributed by atoms with Crippen LogP contribution in [-0.2, 0) is 14.3 Å². The first kappa shape index (κ1) is 14.6. The molecule has 0 aliphatic rings. The number of esters is 1. The van der Waals surface area contributed by atoms with E-state index in [0.29, 0.717) is 0 Å². The fraction of sp³-hybridized carbons (Fsp3) is 0.364. The molecule has 0 unspecified atom stereocenters. The highest BCUT2D eigenvalue weighted by atomic mass is 16.6. The topological polar surface area (TPSA) is 113 Å². The summed E-state index contributed by atoms with van der Waals surface area (Å²) >= 11 is 0. The van der Waals surface area contributed by atoms with Crippen molar-refractivity contribution in [3.63, 3.8) is 0 Å². The third-order valence-corrected chi connectivity index (χ3v) is 2.38. The van der Waals surface area contributed by atoms with Gasteiger partial charge in [0.05, 0.1) is 17.6 Å². The third kappa shape index (κ3) is 3.24. The number of nitrogens with zero attached hydrogens (tertiary/aromatic N) is 2. The van der Waals surface area contributed by atoms with Gasteiger partial charge in [0.2, 0.25) is 0 Å². The zero-order valence-electron chi connectivity index (χ0n) is 10.4. The van der Waals surface area contributed by atoms with Crippen molar-refractivity contribution >= 4 is 17.4 Å². The van der Waals surface area contributed by atoms with E-state index in [-0.39, 0.29) is 16.9 Å². The van der Waals surface area contributed by atoms with Crippen LogP contribution >= 0.6 is 0 Å². The SMILES string of the molecule is CCOC(=O)[C@@H](C(C)=O)c1c[n+]([O-])ccc1[N+](=O)[O-]. The Kier molecular flexibility index (Phi) is 4.51. The molecule has 0 saturated heterocycles. The lowest BCUT2D eigenvalue weighted by Gasteiger charge is -2.12. The van der Waals surface area contributed by atoms with Gasteiger partial charge in [0, 0.05) is 0 Å². The summed E-state index contributed by atoms with van der Waals surface area (Å²) in [5.41, 5.74) is -0.742. The largest absolute Gasteiger partial charge is 0.619 e. The summed E-state index contributed by atoms with van der Waals surface area (Å²) in [5.74, 6) is -3.01. The maximum absolute atomic E-state index is 11.7. The molecule has 0 aliphatic heterocycles. The number of ether oxygens (including phenoxy) is 1. The van der Waals surface area contributed by atoms with E-state index in [1.54, 1.807) is 6.92 Å². The Balaban J connectivity index is 3.37. The summed E-state index contributed by atoms with van der Waals surface area (Å²) in [6.45, 7) is 2.68. The lowest BCUT2D eigenvalue weighted by atomic mass is 9.95. The average Bonchev–Trinajstić information content (AvgIpc) is 2.28. The normalized spacial score (nSPS) is 11.7. The molecule has 1 aromatic heterocycles. The fourth-order valence-electron chi connectivity index (χ4n) is 1.61. The Labute approximate surface area is 108 Å². The van der Waals surface area contributed by atoms with Gasteiger partial charge in [-0.1, -0.05) is 0 Å². The lowest BCUT2D eigenvalue weighted by molar-refractivity contribution is -0.606. The van der Waals surface area contributed by atoms with Gasteiger partial charge in [0.25, 0.3) is 5.69 Å². The van der Waals surface area contributed by atoms with Crippen molar-refractivity contribution in [1.82, 2.24) is 0 Å². The standard InChI is InChI=1S/C11H12N2O6/c1-3-19-11(15)10(7(2)14)8-6-12(16)5-4-9(8)13(17)18/h4-6,10H,3H2,1-2H3/t10-/m0/s1. The molecule has 0 aliphatic carbocycles. The van der Waals surface area contributed by atoms with Gasteiger partial charge in [-0.2, -0.15) is 4.73 Å². The molecular formula is C11H12N2O6. The highest BCUT2D eigenvalue weighted by Gasteiger charge is 2.35. The maximum atomic E-state index is 11.7. The maximum Gasteiger partial charge on any atom is 0.321 e. The van der Waals surface area contributed by atoms with Crippen LogP contribution in [-0.4, -0.2) is 23.3 Å². The minimum Gasteiger partial charge on any atom is -0.619 e. The number of carbonyl (C=O) groups is 2. The van der Waals surface area contributed by atoms with Crippen LogP contribution in [0.1, 0.15) is 25.3 Å². The van der Waals surface area contributed by atoms with Crippen LogP contribution in [0.4, 0.5) is 5.69 Å². The highest BCUT2D eigenvalue weighted by Crippen LogP contribution is 2.26. The van der Waals surface area contributed by atoms with E-state index in [0.717, 1.165) is 25.4 Å². The van der Waals surface area contributed by atoms with Gasteiger partial charge in [-0.25, -0.2) is 0 Å². The Hall–Kier alpha value is -2.51. The van der Waals surface area contributed by atoms with E-state index in [9.17, 15) is 24.9 Å². The molecule has 0 aromatic carbocycles. The van der Waals surface area contributed by atoms with Crippen molar-refractivity contribution in [3.8, 4) is 0 Å². The fourth-order valence-corrected chi connectivity index (χ4v) is 1.61. The quantitative estimate of drug-likeness (QED) is 0.191. The zero-order chi connectivity index (χ0) is 14.6. The van der Waals surface area contributed by atoms with E-state index >= 15 is 0 Å². The van der Waals surface area contributed by atoms with Crippen molar-refractivity contribution in [2.45, 2.75) is 19.8 Å². The molecule has 19 heavy (non-hydrogen) atoms. The van der Waals surface area contributed by atoms with Crippen LogP contribution in [0.25, 0.3) is 0 Å². The van der Waals surface area contributed by atoms with Crippen LogP contribution in [0.3, 0.4) is 0 Å². The van der Waals surface area contributed by atoms with Crippen molar-refractivity contribution in [3.05, 3.63) is 39.3 Å². The van der Waals surface area contributed by atoms with Crippen LogP contribution in [0.5, 0.6) is 0 Å². The number of hydrogen-bond acceptors (Lipinski definition) is 6. The Morgan fingerprint density at radius 1 is 1.53 bits per heavy atom. The first-order valence-corrected chi connectivity index (χ1v) is 5.42. The summed E-state index contributed by atoms with van der Waals surface area (Å²) in [6.07, 6.45) is 1.76. The smallest absolute Gasteiger partial charge is 0.321 e. The molecule has 1 heterocycles. The summed E-state index contributed by atoms with van der Waals surface area (Å²) in [6, 6.07) is 0.942. The second-order valence-electron chi connectivity index (χ2n) is 3.70. The number of ketones is 1. The number of rotatable bonds is 5. The number of pyridine rings is 1. The first-order chi connectivity index (χ1) is 8.88. The number of nitro groups is 1. The average molecular weight is 268 g/mol. The summed E-state index contributed by atoms with van der Waals surface area (Å²) < 4.78 is 4.99. The molecule has 0 saturated carbocycles. The van der Waals surface area contributed by atoms with E-state index < -0.39 is 28.3 Å². The van der Waals surface area contributed by atoms with Crippen molar-refractivity contribution in [2.75, 3.05) is 6.61 Å². The van der Waals surface area contributed by atoms with Gasteiger partial charge in [-0.05, 0) is 13.8 Å². The molecule has 1 aromatic rings. The number of aromatic nitrogens is 1. The van der Waals surface area contributed by atoms with Crippen LogP contribution < -0.4 is 4.73 Å². The van der Waals surface area contributed by atoms with Crippen molar-refractivity contribution in [2.24, 2.45) is 0 Å². The molecule has 0 N–H and O–H groups in total. The second-order valence-corrected chi connectivity index (χ2v) is 3.70. The van der Waals surface area contributed by atoms with Gasteiger partial charge in [0.1, 0.15) is 11.3 Å². The summed E-state index contributed by atoms with van der Waals surface area (Å²) in [4.78, 5) is 33.3. The predicted octanol–water partition coefficient (Wildman–Crippen LogP) is 0.464. The molecule has 102 valence electrons. The van der Waals surface area contributed by atoms with Crippen molar-refractivity contribution in [1.29, 1.82) is 0 Å².